The minimum absolute atomic E-state index is 0.127. The highest BCUT2D eigenvalue weighted by molar-refractivity contribution is 8.03. The van der Waals surface area contributed by atoms with E-state index in [9.17, 15) is 14.9 Å². The lowest BCUT2D eigenvalue weighted by Gasteiger charge is -2.29. The number of anilines is 2. The second-order valence-electron chi connectivity index (χ2n) is 8.13. The van der Waals surface area contributed by atoms with E-state index in [4.69, 9.17) is 0 Å². The van der Waals surface area contributed by atoms with Crippen LogP contribution in [0.2, 0.25) is 0 Å². The van der Waals surface area contributed by atoms with Gasteiger partial charge >= 0.3 is 0 Å². The summed E-state index contributed by atoms with van der Waals surface area (Å²) >= 11 is 2.76. The maximum absolute atomic E-state index is 13.4. The summed E-state index contributed by atoms with van der Waals surface area (Å²) in [4.78, 5) is 27.0. The lowest BCUT2D eigenvalue weighted by atomic mass is 9.86. The monoisotopic (exact) mass is 514 g/mol. The van der Waals surface area contributed by atoms with Gasteiger partial charge in [-0.2, -0.15) is 5.26 Å². The largest absolute Gasteiger partial charge is 0.353 e. The molecular formula is C28H26N4O2S2. The zero-order valence-corrected chi connectivity index (χ0v) is 21.6. The topological polar surface area (TPSA) is 94.0 Å². The fourth-order valence-corrected chi connectivity index (χ4v) is 5.80. The van der Waals surface area contributed by atoms with Gasteiger partial charge in [0.15, 0.2) is 0 Å². The Bertz CT molecular complexity index is 1360. The predicted molar refractivity (Wildman–Crippen MR) is 148 cm³/mol. The molecular weight excluding hydrogens is 488 g/mol. The number of allylic oxidation sites excluding steroid dienone is 2. The van der Waals surface area contributed by atoms with Gasteiger partial charge in [0.05, 0.1) is 28.3 Å². The normalized spacial score (nSPS) is 15.2. The average Bonchev–Trinajstić information content (AvgIpc) is 3.42. The minimum atomic E-state index is -0.522. The molecule has 0 bridgehead atoms. The van der Waals surface area contributed by atoms with Crippen molar-refractivity contribution in [3.8, 4) is 6.07 Å². The van der Waals surface area contributed by atoms with E-state index in [0.29, 0.717) is 27.6 Å². The van der Waals surface area contributed by atoms with Crippen LogP contribution < -0.4 is 16.0 Å². The molecule has 0 saturated heterocycles. The number of nitrogens with one attached hydrogen (secondary N) is 3. The summed E-state index contributed by atoms with van der Waals surface area (Å²) in [7, 11) is 0. The molecule has 36 heavy (non-hydrogen) atoms. The number of amides is 2. The number of carbonyl (C=O) groups is 2. The van der Waals surface area contributed by atoms with Gasteiger partial charge in [-0.1, -0.05) is 61.2 Å². The van der Waals surface area contributed by atoms with E-state index < -0.39 is 5.92 Å². The van der Waals surface area contributed by atoms with E-state index >= 15 is 0 Å². The first-order valence-electron chi connectivity index (χ1n) is 11.5. The number of thioether (sulfide) groups is 1. The number of rotatable bonds is 8. The number of thiophene rings is 1. The van der Waals surface area contributed by atoms with Gasteiger partial charge in [-0.15, -0.1) is 11.3 Å². The Morgan fingerprint density at radius 3 is 2.50 bits per heavy atom. The van der Waals surface area contributed by atoms with Gasteiger partial charge in [-0.3, -0.25) is 9.59 Å². The summed E-state index contributed by atoms with van der Waals surface area (Å²) < 4.78 is 0. The first-order chi connectivity index (χ1) is 17.5. The lowest BCUT2D eigenvalue weighted by molar-refractivity contribution is -0.114. The van der Waals surface area contributed by atoms with E-state index in [1.165, 1.54) is 23.1 Å². The molecule has 1 aromatic heterocycles. The molecule has 3 N–H and O–H groups in total. The Kier molecular flexibility index (Phi) is 8.26. The van der Waals surface area contributed by atoms with Crippen LogP contribution in [-0.2, 0) is 16.0 Å². The third-order valence-electron chi connectivity index (χ3n) is 5.77. The molecule has 1 atom stereocenters. The Morgan fingerprint density at radius 1 is 1.06 bits per heavy atom. The number of aryl methyl sites for hydroxylation is 1. The molecule has 3 aromatic rings. The minimum Gasteiger partial charge on any atom is -0.353 e. The van der Waals surface area contributed by atoms with Gasteiger partial charge in [0, 0.05) is 27.5 Å². The van der Waals surface area contributed by atoms with Crippen LogP contribution >= 0.6 is 23.1 Å². The summed E-state index contributed by atoms with van der Waals surface area (Å²) in [6.45, 7) is 3.87. The Labute approximate surface area is 219 Å². The van der Waals surface area contributed by atoms with E-state index in [1.54, 1.807) is 0 Å². The third-order valence-corrected chi connectivity index (χ3v) is 7.73. The van der Waals surface area contributed by atoms with Crippen LogP contribution in [-0.4, -0.2) is 17.6 Å². The van der Waals surface area contributed by atoms with Gasteiger partial charge in [0.25, 0.3) is 5.91 Å². The molecule has 6 nitrogen and oxygen atoms in total. The Morgan fingerprint density at radius 2 is 1.81 bits per heavy atom. The third kappa shape index (κ3) is 5.70. The van der Waals surface area contributed by atoms with Gasteiger partial charge < -0.3 is 16.0 Å². The molecule has 1 aliphatic heterocycles. The molecule has 0 fully saturated rings. The summed E-state index contributed by atoms with van der Waals surface area (Å²) in [6, 6.07) is 23.1. The number of dihydropyridines is 1. The van der Waals surface area contributed by atoms with Crippen LogP contribution in [0.5, 0.6) is 0 Å². The Hall–Kier alpha value is -3.80. The Balaban J connectivity index is 1.58. The maximum Gasteiger partial charge on any atom is 0.254 e. The average molecular weight is 515 g/mol. The zero-order chi connectivity index (χ0) is 25.5. The molecule has 2 aromatic carbocycles. The van der Waals surface area contributed by atoms with E-state index in [2.05, 4.69) is 22.0 Å². The number of nitriles is 1. The van der Waals surface area contributed by atoms with Crippen LogP contribution in [0.4, 0.5) is 11.4 Å². The lowest BCUT2D eigenvalue weighted by Crippen LogP contribution is -2.30. The molecule has 0 spiro atoms. The smallest absolute Gasteiger partial charge is 0.254 e. The number of hydrogen-bond acceptors (Lipinski definition) is 6. The van der Waals surface area contributed by atoms with Crippen molar-refractivity contribution in [3.05, 3.63) is 104 Å². The van der Waals surface area contributed by atoms with Crippen LogP contribution in [0.15, 0.2) is 94.0 Å². The molecule has 182 valence electrons. The molecule has 2 amide bonds. The van der Waals surface area contributed by atoms with Crippen molar-refractivity contribution in [2.75, 3.05) is 16.4 Å². The summed E-state index contributed by atoms with van der Waals surface area (Å²) in [6.07, 6.45) is 0.815. The molecule has 0 radical (unpaired) electrons. The van der Waals surface area contributed by atoms with Crippen LogP contribution in [0.25, 0.3) is 0 Å². The second kappa shape index (κ2) is 11.8. The molecule has 4 rings (SSSR count). The molecule has 0 saturated carbocycles. The molecule has 8 heteroatoms. The fraction of sp³-hybridized carbons (Fsp3) is 0.179. The van der Waals surface area contributed by atoms with Crippen molar-refractivity contribution < 1.29 is 9.59 Å². The quantitative estimate of drug-likeness (QED) is 0.342. The highest BCUT2D eigenvalue weighted by Gasteiger charge is 2.35. The van der Waals surface area contributed by atoms with Gasteiger partial charge in [0.1, 0.15) is 0 Å². The summed E-state index contributed by atoms with van der Waals surface area (Å²) in [5.74, 6) is -0.822. The van der Waals surface area contributed by atoms with Crippen molar-refractivity contribution in [2.24, 2.45) is 0 Å². The number of nitrogens with zero attached hydrogens (tertiary/aromatic N) is 1. The van der Waals surface area contributed by atoms with Crippen molar-refractivity contribution in [1.82, 2.24) is 5.32 Å². The standard InChI is InChI=1S/C28H26N4O2S2/c1-3-19-10-7-8-13-22(19)32-24(33)17-36-28-21(16-29)26(23-14-9-15-35-23)25(18(2)30-28)27(34)31-20-11-5-4-6-12-20/h4-15,26,30H,3,17H2,1-2H3,(H,31,34)(H,32,33)/t26-/m0/s1. The molecule has 2 heterocycles. The number of benzene rings is 2. The summed E-state index contributed by atoms with van der Waals surface area (Å²) in [5.41, 5.74) is 4.11. The van der Waals surface area contributed by atoms with Crippen molar-refractivity contribution >= 4 is 46.3 Å². The van der Waals surface area contributed by atoms with Crippen LogP contribution in [0.3, 0.4) is 0 Å². The molecule has 0 unspecified atom stereocenters. The number of para-hydroxylation sites is 2. The van der Waals surface area contributed by atoms with Crippen LogP contribution in [0.1, 0.15) is 30.2 Å². The van der Waals surface area contributed by atoms with Crippen molar-refractivity contribution in [2.45, 2.75) is 26.2 Å². The second-order valence-corrected chi connectivity index (χ2v) is 10.1. The van der Waals surface area contributed by atoms with E-state index in [1.807, 2.05) is 86.0 Å². The maximum atomic E-state index is 13.4. The van der Waals surface area contributed by atoms with Crippen molar-refractivity contribution in [3.63, 3.8) is 0 Å². The first kappa shape index (κ1) is 25.3. The van der Waals surface area contributed by atoms with E-state index in [0.717, 1.165) is 22.5 Å². The number of carbonyl (C=O) groups excluding carboxylic acids is 2. The molecule has 0 aliphatic carbocycles. The molecule has 1 aliphatic rings. The van der Waals surface area contributed by atoms with Crippen molar-refractivity contribution in [1.29, 1.82) is 5.26 Å². The predicted octanol–water partition coefficient (Wildman–Crippen LogP) is 6.02. The fourth-order valence-electron chi connectivity index (χ4n) is 4.06. The van der Waals surface area contributed by atoms with Crippen LogP contribution in [0, 0.1) is 11.3 Å². The van der Waals surface area contributed by atoms with E-state index in [-0.39, 0.29) is 17.6 Å². The van der Waals surface area contributed by atoms with Gasteiger partial charge in [-0.25, -0.2) is 0 Å². The number of hydrogen-bond donors (Lipinski definition) is 3. The highest BCUT2D eigenvalue weighted by Crippen LogP contribution is 2.42. The highest BCUT2D eigenvalue weighted by atomic mass is 32.2. The first-order valence-corrected chi connectivity index (χ1v) is 13.4. The SMILES string of the molecule is CCc1ccccc1NC(=O)CSC1=C(C#N)[C@@H](c2cccs2)C(C(=O)Nc2ccccc2)=C(C)N1. The zero-order valence-electron chi connectivity index (χ0n) is 20.0. The van der Waals surface area contributed by atoms with Gasteiger partial charge in [0.2, 0.25) is 5.91 Å². The van der Waals surface area contributed by atoms with Gasteiger partial charge in [-0.05, 0) is 48.6 Å². The summed E-state index contributed by atoms with van der Waals surface area (Å²) in [5, 5.41) is 21.8.